The lowest BCUT2D eigenvalue weighted by molar-refractivity contribution is 0.0933. The molecule has 3 atom stereocenters. The van der Waals surface area contributed by atoms with E-state index in [9.17, 15) is 0 Å². The molecule has 2 aromatic rings. The first-order valence-corrected chi connectivity index (χ1v) is 8.59. The summed E-state index contributed by atoms with van der Waals surface area (Å²) >= 11 is 1.72. The maximum atomic E-state index is 5.99. The smallest absolute Gasteiger partial charge is 0.227 e. The summed E-state index contributed by atoms with van der Waals surface area (Å²) in [5, 5.41) is 7.16. The zero-order valence-electron chi connectivity index (χ0n) is 12.9. The molecule has 0 unspecified atom stereocenters. The predicted molar refractivity (Wildman–Crippen MR) is 81.6 cm³/mol. The van der Waals surface area contributed by atoms with Crippen LogP contribution in [-0.2, 0) is 17.7 Å². The summed E-state index contributed by atoms with van der Waals surface area (Å²) in [5.74, 6) is 2.48. The minimum atomic E-state index is 0.341. The molecule has 2 saturated heterocycles. The molecule has 22 heavy (non-hydrogen) atoms. The van der Waals surface area contributed by atoms with Gasteiger partial charge in [0, 0.05) is 37.4 Å². The number of fused-ring (bicyclic) bond motifs is 1. The number of hydrogen-bond donors (Lipinski definition) is 0. The van der Waals surface area contributed by atoms with Crippen LogP contribution in [0.2, 0.25) is 0 Å². The number of rotatable bonds is 4. The number of thiazole rings is 1. The topological polar surface area (TPSA) is 64.3 Å². The van der Waals surface area contributed by atoms with Crippen molar-refractivity contribution in [1.29, 1.82) is 0 Å². The number of aromatic nitrogens is 3. The lowest BCUT2D eigenvalue weighted by Gasteiger charge is -2.17. The molecule has 2 aromatic heterocycles. The molecule has 0 aromatic carbocycles. The summed E-state index contributed by atoms with van der Waals surface area (Å²) < 4.78 is 11.3. The van der Waals surface area contributed by atoms with Crippen LogP contribution in [-0.4, -0.2) is 45.8 Å². The maximum absolute atomic E-state index is 5.99. The van der Waals surface area contributed by atoms with Crippen LogP contribution in [0.1, 0.15) is 22.4 Å². The van der Waals surface area contributed by atoms with Crippen molar-refractivity contribution < 1.29 is 9.26 Å². The molecule has 0 N–H and O–H groups in total. The average molecular weight is 320 g/mol. The van der Waals surface area contributed by atoms with Crippen LogP contribution < -0.4 is 0 Å². The van der Waals surface area contributed by atoms with Crippen molar-refractivity contribution >= 4 is 11.3 Å². The Bertz CT molecular complexity index is 656. The van der Waals surface area contributed by atoms with Gasteiger partial charge in [-0.2, -0.15) is 4.98 Å². The summed E-state index contributed by atoms with van der Waals surface area (Å²) in [6.45, 7) is 7.71. The van der Waals surface area contributed by atoms with Crippen molar-refractivity contribution in [2.75, 3.05) is 19.7 Å². The lowest BCUT2D eigenvalue weighted by atomic mass is 9.90. The van der Waals surface area contributed by atoms with Gasteiger partial charge >= 0.3 is 0 Å². The number of hydrogen-bond acceptors (Lipinski definition) is 7. The summed E-state index contributed by atoms with van der Waals surface area (Å²) in [6.07, 6.45) is 1.17. The molecule has 2 fully saturated rings. The molecule has 118 valence electrons. The van der Waals surface area contributed by atoms with E-state index in [4.69, 9.17) is 9.26 Å². The van der Waals surface area contributed by atoms with Crippen LogP contribution in [0.4, 0.5) is 0 Å². The van der Waals surface area contributed by atoms with Gasteiger partial charge in [-0.05, 0) is 19.8 Å². The van der Waals surface area contributed by atoms with E-state index >= 15 is 0 Å². The summed E-state index contributed by atoms with van der Waals surface area (Å²) in [4.78, 5) is 11.3. The van der Waals surface area contributed by atoms with E-state index in [1.165, 1.54) is 5.69 Å². The van der Waals surface area contributed by atoms with Gasteiger partial charge in [0.1, 0.15) is 0 Å². The Morgan fingerprint density at radius 3 is 2.95 bits per heavy atom. The van der Waals surface area contributed by atoms with E-state index in [1.807, 2.05) is 6.92 Å². The van der Waals surface area contributed by atoms with Crippen molar-refractivity contribution in [2.45, 2.75) is 32.9 Å². The molecule has 2 aliphatic rings. The maximum Gasteiger partial charge on any atom is 0.227 e. The number of ether oxygens (including phenoxy) is 1. The van der Waals surface area contributed by atoms with Gasteiger partial charge in [-0.15, -0.1) is 11.3 Å². The highest BCUT2D eigenvalue weighted by molar-refractivity contribution is 7.09. The summed E-state index contributed by atoms with van der Waals surface area (Å²) in [5.41, 5.74) is 1.17. The van der Waals surface area contributed by atoms with Gasteiger partial charge in [0.25, 0.3) is 0 Å². The Morgan fingerprint density at radius 1 is 1.32 bits per heavy atom. The standard InChI is InChI=1S/C15H20N4O2S/c1-9-16-15(21-18-9)3-11-7-20-14-6-19(5-13(11)14)4-12-8-22-10(2)17-12/h8,11,13-14H,3-7H2,1-2H3/t11-,13+,14+/m1/s1. The first-order chi connectivity index (χ1) is 10.7. The van der Waals surface area contributed by atoms with Gasteiger partial charge in [-0.25, -0.2) is 4.98 Å². The van der Waals surface area contributed by atoms with Crippen LogP contribution in [0.3, 0.4) is 0 Å². The Balaban J connectivity index is 1.38. The van der Waals surface area contributed by atoms with Crippen molar-refractivity contribution in [3.8, 4) is 0 Å². The van der Waals surface area contributed by atoms with Crippen molar-refractivity contribution in [3.63, 3.8) is 0 Å². The van der Waals surface area contributed by atoms with Gasteiger partial charge in [0.15, 0.2) is 5.82 Å². The Kier molecular flexibility index (Phi) is 3.71. The second-order valence-electron chi connectivity index (χ2n) is 6.29. The number of likely N-dealkylation sites (tertiary alicyclic amines) is 1. The highest BCUT2D eigenvalue weighted by Gasteiger charge is 2.44. The van der Waals surface area contributed by atoms with E-state index in [0.717, 1.165) is 43.6 Å². The molecule has 4 rings (SSSR count). The lowest BCUT2D eigenvalue weighted by Crippen LogP contribution is -2.25. The second kappa shape index (κ2) is 5.72. The molecule has 2 aliphatic heterocycles. The molecule has 0 aliphatic carbocycles. The van der Waals surface area contributed by atoms with Gasteiger partial charge in [-0.3, -0.25) is 4.90 Å². The van der Waals surface area contributed by atoms with E-state index in [0.29, 0.717) is 23.8 Å². The Labute approximate surface area is 133 Å². The molecular weight excluding hydrogens is 300 g/mol. The zero-order valence-corrected chi connectivity index (χ0v) is 13.7. The Hall–Kier alpha value is -1.31. The monoisotopic (exact) mass is 320 g/mol. The molecule has 4 heterocycles. The van der Waals surface area contributed by atoms with Crippen LogP contribution in [0, 0.1) is 25.7 Å². The normalized spacial score (nSPS) is 28.4. The van der Waals surface area contributed by atoms with Crippen molar-refractivity contribution in [1.82, 2.24) is 20.0 Å². The minimum Gasteiger partial charge on any atom is -0.376 e. The first kappa shape index (κ1) is 14.3. The second-order valence-corrected chi connectivity index (χ2v) is 7.35. The SMILES string of the molecule is Cc1noc(C[C@@H]2CO[C@H]3CN(Cc4csc(C)n4)C[C@@H]23)n1. The molecular formula is C15H20N4O2S. The van der Waals surface area contributed by atoms with E-state index in [-0.39, 0.29) is 0 Å². The van der Waals surface area contributed by atoms with Gasteiger partial charge in [0.05, 0.1) is 23.4 Å². The Morgan fingerprint density at radius 2 is 2.23 bits per heavy atom. The molecule has 0 spiro atoms. The van der Waals surface area contributed by atoms with Crippen LogP contribution in [0.15, 0.2) is 9.90 Å². The minimum absolute atomic E-state index is 0.341. The van der Waals surface area contributed by atoms with Gasteiger partial charge in [0.2, 0.25) is 5.89 Å². The molecule has 7 heteroatoms. The predicted octanol–water partition coefficient (Wildman–Crippen LogP) is 1.83. The largest absolute Gasteiger partial charge is 0.376 e. The third-order valence-electron chi connectivity index (χ3n) is 4.57. The van der Waals surface area contributed by atoms with Crippen LogP contribution >= 0.6 is 11.3 Å². The molecule has 6 nitrogen and oxygen atoms in total. The van der Waals surface area contributed by atoms with Crippen molar-refractivity contribution in [3.05, 3.63) is 27.8 Å². The summed E-state index contributed by atoms with van der Waals surface area (Å²) in [7, 11) is 0. The van der Waals surface area contributed by atoms with Gasteiger partial charge < -0.3 is 9.26 Å². The fourth-order valence-electron chi connectivity index (χ4n) is 3.58. The zero-order chi connectivity index (χ0) is 15.1. The average Bonchev–Trinajstić information content (AvgIpc) is 3.20. The third kappa shape index (κ3) is 2.80. The van der Waals surface area contributed by atoms with E-state index in [1.54, 1.807) is 11.3 Å². The first-order valence-electron chi connectivity index (χ1n) is 7.71. The fourth-order valence-corrected chi connectivity index (χ4v) is 4.18. The van der Waals surface area contributed by atoms with Crippen LogP contribution in [0.5, 0.6) is 0 Å². The number of aryl methyl sites for hydroxylation is 2. The highest BCUT2D eigenvalue weighted by Crippen LogP contribution is 2.35. The van der Waals surface area contributed by atoms with E-state index < -0.39 is 0 Å². The quantitative estimate of drug-likeness (QED) is 0.856. The fraction of sp³-hybridized carbons (Fsp3) is 0.667. The summed E-state index contributed by atoms with van der Waals surface area (Å²) in [6, 6.07) is 0. The third-order valence-corrected chi connectivity index (χ3v) is 5.40. The molecule has 0 amide bonds. The molecule has 0 radical (unpaired) electrons. The molecule has 0 bridgehead atoms. The molecule has 0 saturated carbocycles. The number of nitrogens with zero attached hydrogens (tertiary/aromatic N) is 4. The highest BCUT2D eigenvalue weighted by atomic mass is 32.1. The van der Waals surface area contributed by atoms with E-state index in [2.05, 4.69) is 32.3 Å². The van der Waals surface area contributed by atoms with Gasteiger partial charge in [-0.1, -0.05) is 5.16 Å². The van der Waals surface area contributed by atoms with Crippen molar-refractivity contribution in [2.24, 2.45) is 11.8 Å². The van der Waals surface area contributed by atoms with Crippen LogP contribution in [0.25, 0.3) is 0 Å².